The molecule has 1 aliphatic rings. The topological polar surface area (TPSA) is 102 Å². The Bertz CT molecular complexity index is 625. The second kappa shape index (κ2) is 7.27. The van der Waals surface area contributed by atoms with Crippen molar-refractivity contribution in [3.8, 4) is 11.8 Å². The Hall–Kier alpha value is -2.81. The molecule has 0 aliphatic heterocycles. The molecule has 0 heterocycles. The van der Waals surface area contributed by atoms with Crippen molar-refractivity contribution >= 4 is 17.9 Å². The number of rotatable bonds is 6. The van der Waals surface area contributed by atoms with Gasteiger partial charge in [0, 0.05) is 19.0 Å². The van der Waals surface area contributed by atoms with Gasteiger partial charge in [-0.1, -0.05) is 12.1 Å². The predicted octanol–water partition coefficient (Wildman–Crippen LogP) is 1.08. The van der Waals surface area contributed by atoms with Crippen LogP contribution in [0.2, 0.25) is 0 Å². The minimum Gasteiger partial charge on any atom is -0.508 e. The summed E-state index contributed by atoms with van der Waals surface area (Å²) in [5.74, 6) is -0.500. The summed E-state index contributed by atoms with van der Waals surface area (Å²) in [5.41, 5.74) is 0.587. The Balaban J connectivity index is 1.84. The highest BCUT2D eigenvalue weighted by molar-refractivity contribution is 6.01. The molecule has 1 aliphatic carbocycles. The van der Waals surface area contributed by atoms with Crippen molar-refractivity contribution in [2.75, 3.05) is 6.54 Å². The Morgan fingerprint density at radius 3 is 2.59 bits per heavy atom. The number of benzene rings is 1. The van der Waals surface area contributed by atoms with Gasteiger partial charge in [0.25, 0.3) is 5.91 Å². The first-order valence-corrected chi connectivity index (χ1v) is 7.07. The lowest BCUT2D eigenvalue weighted by Crippen LogP contribution is -2.32. The van der Waals surface area contributed by atoms with Gasteiger partial charge in [0.05, 0.1) is 0 Å². The normalized spacial score (nSPS) is 14.0. The summed E-state index contributed by atoms with van der Waals surface area (Å²) in [6, 6.07) is 8.28. The van der Waals surface area contributed by atoms with Crippen molar-refractivity contribution in [1.29, 1.82) is 5.26 Å². The molecule has 0 unspecified atom stereocenters. The molecule has 22 heavy (non-hydrogen) atoms. The lowest BCUT2D eigenvalue weighted by Gasteiger charge is -2.05. The molecule has 0 radical (unpaired) electrons. The number of nitrogens with zero attached hydrogens (tertiary/aromatic N) is 1. The maximum atomic E-state index is 11.9. The van der Waals surface area contributed by atoms with Gasteiger partial charge in [-0.3, -0.25) is 9.59 Å². The first-order valence-electron chi connectivity index (χ1n) is 7.07. The van der Waals surface area contributed by atoms with E-state index in [1.807, 2.05) is 6.07 Å². The van der Waals surface area contributed by atoms with Gasteiger partial charge in [-0.25, -0.2) is 0 Å². The summed E-state index contributed by atoms with van der Waals surface area (Å²) in [6.45, 7) is 0.186. The number of phenols is 1. The maximum Gasteiger partial charge on any atom is 0.261 e. The third-order valence-corrected chi connectivity index (χ3v) is 3.15. The van der Waals surface area contributed by atoms with Crippen LogP contribution in [0, 0.1) is 11.3 Å². The average molecular weight is 299 g/mol. The number of carbonyl (C=O) groups is 2. The molecule has 2 amide bonds. The number of aromatic hydroxyl groups is 1. The molecule has 2 rings (SSSR count). The molecule has 0 aromatic heterocycles. The Labute approximate surface area is 128 Å². The third kappa shape index (κ3) is 4.94. The van der Waals surface area contributed by atoms with E-state index < -0.39 is 5.91 Å². The molecule has 6 heteroatoms. The Morgan fingerprint density at radius 1 is 1.32 bits per heavy atom. The standard InChI is InChI=1S/C16H17N3O3/c17-10-12(9-11-1-5-14(20)6-2-11)16(22)18-8-7-15(21)19-13-3-4-13/h1-2,5-6,9,13,20H,3-4,7-8H2,(H,18,22)(H,19,21)/b12-9+. The van der Waals surface area contributed by atoms with Gasteiger partial charge < -0.3 is 15.7 Å². The number of nitriles is 1. The maximum absolute atomic E-state index is 11.9. The number of nitrogens with one attached hydrogen (secondary N) is 2. The van der Waals surface area contributed by atoms with Gasteiger partial charge in [-0.2, -0.15) is 5.26 Å². The van der Waals surface area contributed by atoms with E-state index >= 15 is 0 Å². The molecule has 0 spiro atoms. The van der Waals surface area contributed by atoms with Crippen molar-refractivity contribution in [3.05, 3.63) is 35.4 Å². The summed E-state index contributed by atoms with van der Waals surface area (Å²) in [5, 5.41) is 23.6. The summed E-state index contributed by atoms with van der Waals surface area (Å²) in [6.07, 6.45) is 3.66. The van der Waals surface area contributed by atoms with Crippen molar-refractivity contribution in [2.45, 2.75) is 25.3 Å². The first kappa shape index (κ1) is 15.6. The van der Waals surface area contributed by atoms with Crippen LogP contribution in [0.5, 0.6) is 5.75 Å². The highest BCUT2D eigenvalue weighted by atomic mass is 16.3. The first-order chi connectivity index (χ1) is 10.6. The average Bonchev–Trinajstić information content (AvgIpc) is 3.30. The molecule has 3 N–H and O–H groups in total. The molecule has 0 atom stereocenters. The molecule has 1 saturated carbocycles. The van der Waals surface area contributed by atoms with E-state index in [4.69, 9.17) is 5.26 Å². The number of amides is 2. The molecule has 114 valence electrons. The van der Waals surface area contributed by atoms with E-state index in [2.05, 4.69) is 10.6 Å². The van der Waals surface area contributed by atoms with Gasteiger partial charge in [-0.15, -0.1) is 0 Å². The number of hydrogen-bond acceptors (Lipinski definition) is 4. The molecule has 1 fully saturated rings. The van der Waals surface area contributed by atoms with Crippen LogP contribution < -0.4 is 10.6 Å². The van der Waals surface area contributed by atoms with Crippen LogP contribution in [-0.2, 0) is 9.59 Å². The van der Waals surface area contributed by atoms with Crippen LogP contribution in [0.4, 0.5) is 0 Å². The molecular formula is C16H17N3O3. The van der Waals surface area contributed by atoms with Gasteiger partial charge in [-0.05, 0) is 36.6 Å². The minimum atomic E-state index is -0.519. The lowest BCUT2D eigenvalue weighted by atomic mass is 10.1. The fourth-order valence-corrected chi connectivity index (χ4v) is 1.80. The summed E-state index contributed by atoms with van der Waals surface area (Å²) in [7, 11) is 0. The summed E-state index contributed by atoms with van der Waals surface area (Å²) < 4.78 is 0. The largest absolute Gasteiger partial charge is 0.508 e. The zero-order valence-corrected chi connectivity index (χ0v) is 12.0. The number of carbonyl (C=O) groups excluding carboxylic acids is 2. The van der Waals surface area contributed by atoms with Crippen LogP contribution in [0.3, 0.4) is 0 Å². The van der Waals surface area contributed by atoms with Gasteiger partial charge >= 0.3 is 0 Å². The van der Waals surface area contributed by atoms with E-state index in [1.165, 1.54) is 18.2 Å². The van der Waals surface area contributed by atoms with Crippen LogP contribution in [0.1, 0.15) is 24.8 Å². The Kier molecular flexibility index (Phi) is 5.15. The zero-order valence-electron chi connectivity index (χ0n) is 12.0. The van der Waals surface area contributed by atoms with Crippen LogP contribution in [0.15, 0.2) is 29.8 Å². The monoisotopic (exact) mass is 299 g/mol. The molecule has 1 aromatic rings. The van der Waals surface area contributed by atoms with E-state index in [1.54, 1.807) is 12.1 Å². The van der Waals surface area contributed by atoms with E-state index in [9.17, 15) is 14.7 Å². The lowest BCUT2D eigenvalue weighted by molar-refractivity contribution is -0.121. The smallest absolute Gasteiger partial charge is 0.261 e. The van der Waals surface area contributed by atoms with Crippen molar-refractivity contribution in [1.82, 2.24) is 10.6 Å². The van der Waals surface area contributed by atoms with Crippen molar-refractivity contribution in [3.63, 3.8) is 0 Å². The summed E-state index contributed by atoms with van der Waals surface area (Å²) >= 11 is 0. The zero-order chi connectivity index (χ0) is 15.9. The SMILES string of the molecule is N#C/C(=C\c1ccc(O)cc1)C(=O)NCCC(=O)NC1CC1. The van der Waals surface area contributed by atoms with E-state index in [0.29, 0.717) is 11.6 Å². The Morgan fingerprint density at radius 2 is 2.00 bits per heavy atom. The highest BCUT2D eigenvalue weighted by Gasteiger charge is 2.22. The van der Waals surface area contributed by atoms with Crippen LogP contribution in [0.25, 0.3) is 6.08 Å². The van der Waals surface area contributed by atoms with Crippen molar-refractivity contribution < 1.29 is 14.7 Å². The fraction of sp³-hybridized carbons (Fsp3) is 0.312. The van der Waals surface area contributed by atoms with E-state index in [0.717, 1.165) is 12.8 Å². The number of phenolic OH excluding ortho intramolecular Hbond substituents is 1. The molecule has 6 nitrogen and oxygen atoms in total. The van der Waals surface area contributed by atoms with E-state index in [-0.39, 0.29) is 30.2 Å². The third-order valence-electron chi connectivity index (χ3n) is 3.15. The molecule has 1 aromatic carbocycles. The van der Waals surface area contributed by atoms with Crippen LogP contribution in [-0.4, -0.2) is 29.5 Å². The highest BCUT2D eigenvalue weighted by Crippen LogP contribution is 2.18. The fourth-order valence-electron chi connectivity index (χ4n) is 1.80. The number of hydrogen-bond donors (Lipinski definition) is 3. The van der Waals surface area contributed by atoms with Gasteiger partial charge in [0.1, 0.15) is 17.4 Å². The second-order valence-electron chi connectivity index (χ2n) is 5.11. The summed E-state index contributed by atoms with van der Waals surface area (Å²) in [4.78, 5) is 23.4. The van der Waals surface area contributed by atoms with Crippen molar-refractivity contribution in [2.24, 2.45) is 0 Å². The minimum absolute atomic E-state index is 0.0479. The quantitative estimate of drug-likeness (QED) is 0.540. The molecule has 0 bridgehead atoms. The molecule has 0 saturated heterocycles. The second-order valence-corrected chi connectivity index (χ2v) is 5.11. The molecular weight excluding hydrogens is 282 g/mol. The predicted molar refractivity (Wildman–Crippen MR) is 80.5 cm³/mol. The van der Waals surface area contributed by atoms with Crippen LogP contribution >= 0.6 is 0 Å². The van der Waals surface area contributed by atoms with Gasteiger partial charge in [0.2, 0.25) is 5.91 Å². The van der Waals surface area contributed by atoms with Gasteiger partial charge in [0.15, 0.2) is 0 Å².